The summed E-state index contributed by atoms with van der Waals surface area (Å²) in [5, 5.41) is 23.4. The molecule has 0 spiro atoms. The van der Waals surface area contributed by atoms with Gasteiger partial charge in [0, 0.05) is 12.8 Å². The zero-order valence-electron chi connectivity index (χ0n) is 55.2. The second-order valence-corrected chi connectivity index (χ2v) is 25.3. The zero-order chi connectivity index (χ0) is 59.2. The lowest BCUT2D eigenvalue weighted by atomic mass is 10.0. The van der Waals surface area contributed by atoms with Crippen LogP contribution in [0.25, 0.3) is 0 Å². The highest BCUT2D eigenvalue weighted by molar-refractivity contribution is 5.76. The molecule has 0 aromatic carbocycles. The van der Waals surface area contributed by atoms with Gasteiger partial charge >= 0.3 is 5.97 Å². The number of hydrogen-bond donors (Lipinski definition) is 3. The molecule has 6 nitrogen and oxygen atoms in total. The van der Waals surface area contributed by atoms with Gasteiger partial charge in [0.1, 0.15) is 0 Å². The minimum Gasteiger partial charge on any atom is -0.466 e. The van der Waals surface area contributed by atoms with E-state index in [1.165, 1.54) is 308 Å². The molecule has 0 saturated carbocycles. The predicted octanol–water partition coefficient (Wildman–Crippen LogP) is 24.0. The molecule has 0 rings (SSSR count). The largest absolute Gasteiger partial charge is 0.466 e. The third-order valence-corrected chi connectivity index (χ3v) is 17.1. The first-order valence-electron chi connectivity index (χ1n) is 36.9. The molecule has 0 radical (unpaired) electrons. The van der Waals surface area contributed by atoms with Crippen molar-refractivity contribution in [2.24, 2.45) is 0 Å². The second kappa shape index (κ2) is 71.3. The number of hydrogen-bond acceptors (Lipinski definition) is 5. The van der Waals surface area contributed by atoms with E-state index in [2.05, 4.69) is 67.8 Å². The van der Waals surface area contributed by atoms with E-state index in [1.54, 1.807) is 0 Å². The first-order valence-corrected chi connectivity index (χ1v) is 36.9. The smallest absolute Gasteiger partial charge is 0.305 e. The molecule has 82 heavy (non-hydrogen) atoms. The van der Waals surface area contributed by atoms with Gasteiger partial charge in [-0.15, -0.1) is 0 Å². The van der Waals surface area contributed by atoms with Crippen molar-refractivity contribution in [3.63, 3.8) is 0 Å². The predicted molar refractivity (Wildman–Crippen MR) is 361 cm³/mol. The maximum Gasteiger partial charge on any atom is 0.305 e. The highest BCUT2D eigenvalue weighted by Crippen LogP contribution is 2.19. The van der Waals surface area contributed by atoms with Gasteiger partial charge in [-0.3, -0.25) is 9.59 Å². The molecule has 1 amide bonds. The standard InChI is InChI=1S/C76H143NO5/c1-3-5-7-9-11-13-15-17-19-21-22-23-31-34-37-40-44-48-52-56-60-64-68-74(79)73(72-78)77-75(80)69-65-61-57-53-49-45-41-38-35-32-29-27-25-24-26-28-30-33-36-39-43-47-51-55-59-63-67-71-82-76(81)70-66-62-58-54-50-46-42-20-18-16-14-12-10-8-6-4-2/h14,16,20,24-25,28,30,42,73-74,78-79H,3-13,15,17-19,21-23,26-27,29,31-41,43-72H2,1-2H3,(H,77,80)/b16-14-,25-24-,30-28-,42-20-. The quantitative estimate of drug-likeness (QED) is 0.0320. The number of aliphatic hydroxyl groups excluding tert-OH is 2. The van der Waals surface area contributed by atoms with Gasteiger partial charge in [0.2, 0.25) is 5.91 Å². The van der Waals surface area contributed by atoms with Gasteiger partial charge in [-0.05, 0) is 89.9 Å². The molecule has 0 saturated heterocycles. The van der Waals surface area contributed by atoms with Gasteiger partial charge in [0.25, 0.3) is 0 Å². The number of aliphatic hydroxyl groups is 2. The minimum absolute atomic E-state index is 0.00246. The number of carbonyl (C=O) groups excluding carboxylic acids is 2. The number of rotatable bonds is 69. The highest BCUT2D eigenvalue weighted by atomic mass is 16.5. The van der Waals surface area contributed by atoms with Crippen LogP contribution in [0.3, 0.4) is 0 Å². The average molecular weight is 1150 g/mol. The molecule has 0 aliphatic rings. The van der Waals surface area contributed by atoms with Gasteiger partial charge < -0.3 is 20.3 Å². The van der Waals surface area contributed by atoms with Gasteiger partial charge in [-0.25, -0.2) is 0 Å². The van der Waals surface area contributed by atoms with Crippen LogP contribution >= 0.6 is 0 Å². The Kier molecular flexibility index (Phi) is 69.4. The first kappa shape index (κ1) is 79.8. The summed E-state index contributed by atoms with van der Waals surface area (Å²) in [6.45, 7) is 4.96. The van der Waals surface area contributed by atoms with E-state index in [1.807, 2.05) is 0 Å². The third kappa shape index (κ3) is 67.0. The molecule has 482 valence electrons. The van der Waals surface area contributed by atoms with Crippen molar-refractivity contribution in [1.29, 1.82) is 0 Å². The van der Waals surface area contributed by atoms with E-state index >= 15 is 0 Å². The van der Waals surface area contributed by atoms with Crippen LogP contribution in [-0.2, 0) is 14.3 Å². The lowest BCUT2D eigenvalue weighted by Crippen LogP contribution is -2.45. The van der Waals surface area contributed by atoms with Crippen LogP contribution in [0.2, 0.25) is 0 Å². The minimum atomic E-state index is -0.669. The van der Waals surface area contributed by atoms with Crippen LogP contribution in [0, 0.1) is 0 Å². The summed E-state index contributed by atoms with van der Waals surface area (Å²) in [6, 6.07) is -0.546. The molecule has 0 aliphatic heterocycles. The topological polar surface area (TPSA) is 95.9 Å². The van der Waals surface area contributed by atoms with Crippen molar-refractivity contribution >= 4 is 11.9 Å². The molecule has 0 aliphatic carbocycles. The third-order valence-electron chi connectivity index (χ3n) is 17.1. The van der Waals surface area contributed by atoms with E-state index in [4.69, 9.17) is 4.74 Å². The number of allylic oxidation sites excluding steroid dienone is 8. The normalized spacial score (nSPS) is 12.8. The molecule has 3 N–H and O–H groups in total. The summed E-state index contributed by atoms with van der Waals surface area (Å²) in [6.07, 6.45) is 93.1. The van der Waals surface area contributed by atoms with Crippen LogP contribution < -0.4 is 5.32 Å². The summed E-state index contributed by atoms with van der Waals surface area (Å²) in [5.74, 6) is -0.0368. The Bertz CT molecular complexity index is 1370. The summed E-state index contributed by atoms with van der Waals surface area (Å²) in [7, 11) is 0. The van der Waals surface area contributed by atoms with Crippen LogP contribution in [0.15, 0.2) is 48.6 Å². The van der Waals surface area contributed by atoms with Crippen LogP contribution in [0.4, 0.5) is 0 Å². The molecule has 2 atom stereocenters. The van der Waals surface area contributed by atoms with Crippen LogP contribution in [0.1, 0.15) is 399 Å². The lowest BCUT2D eigenvalue weighted by molar-refractivity contribution is -0.143. The average Bonchev–Trinajstić information content (AvgIpc) is 3.48. The molecular formula is C76H143NO5. The van der Waals surface area contributed by atoms with Crippen molar-refractivity contribution in [1.82, 2.24) is 5.32 Å². The molecule has 6 heteroatoms. The van der Waals surface area contributed by atoms with Gasteiger partial charge in [-0.1, -0.05) is 345 Å². The van der Waals surface area contributed by atoms with Crippen molar-refractivity contribution in [3.8, 4) is 0 Å². The Morgan fingerprint density at radius 1 is 0.341 bits per heavy atom. The summed E-state index contributed by atoms with van der Waals surface area (Å²) < 4.78 is 5.49. The maximum absolute atomic E-state index is 12.6. The monoisotopic (exact) mass is 1150 g/mol. The Hall–Kier alpha value is -2.18. The van der Waals surface area contributed by atoms with E-state index < -0.39 is 12.1 Å². The summed E-state index contributed by atoms with van der Waals surface area (Å²) >= 11 is 0. The number of unbranched alkanes of at least 4 members (excludes halogenated alkanes) is 50. The second-order valence-electron chi connectivity index (χ2n) is 25.3. The molecule has 0 bridgehead atoms. The zero-order valence-corrected chi connectivity index (χ0v) is 55.2. The van der Waals surface area contributed by atoms with Crippen molar-refractivity contribution in [3.05, 3.63) is 48.6 Å². The van der Waals surface area contributed by atoms with E-state index in [0.717, 1.165) is 57.8 Å². The molecular weight excluding hydrogens is 1010 g/mol. The molecule has 0 aromatic rings. The van der Waals surface area contributed by atoms with Crippen molar-refractivity contribution in [2.45, 2.75) is 411 Å². The maximum atomic E-state index is 12.6. The number of carbonyl (C=O) groups is 2. The fraction of sp³-hybridized carbons (Fsp3) is 0.868. The Morgan fingerprint density at radius 3 is 0.939 bits per heavy atom. The van der Waals surface area contributed by atoms with Gasteiger partial charge in [-0.2, -0.15) is 0 Å². The van der Waals surface area contributed by atoms with Gasteiger partial charge in [0.05, 0.1) is 25.4 Å². The fourth-order valence-electron chi connectivity index (χ4n) is 11.5. The molecule has 0 heterocycles. The van der Waals surface area contributed by atoms with E-state index in [9.17, 15) is 19.8 Å². The summed E-state index contributed by atoms with van der Waals surface area (Å²) in [5.41, 5.74) is 0. The molecule has 0 aromatic heterocycles. The lowest BCUT2D eigenvalue weighted by Gasteiger charge is -2.22. The highest BCUT2D eigenvalue weighted by Gasteiger charge is 2.20. The van der Waals surface area contributed by atoms with Crippen LogP contribution in [-0.4, -0.2) is 47.4 Å². The summed E-state index contributed by atoms with van der Waals surface area (Å²) in [4.78, 5) is 24.6. The number of nitrogens with one attached hydrogen (secondary N) is 1. The first-order chi connectivity index (χ1) is 40.5. The van der Waals surface area contributed by atoms with Crippen LogP contribution in [0.5, 0.6) is 0 Å². The van der Waals surface area contributed by atoms with E-state index in [0.29, 0.717) is 25.9 Å². The Balaban J connectivity index is 3.42. The molecule has 2 unspecified atom stereocenters. The van der Waals surface area contributed by atoms with Crippen molar-refractivity contribution < 1.29 is 24.5 Å². The Morgan fingerprint density at radius 2 is 0.610 bits per heavy atom. The SMILES string of the molecule is CCCCCC/C=C\C/C=C\CCCCCCCC(=O)OCCCCCCCCCCC/C=C\C/C=C\CCCCCCCCCCCCCC(=O)NC(CO)C(O)CCCCCCCCCCCCCCCCCCCCCCCC. The van der Waals surface area contributed by atoms with Gasteiger partial charge in [0.15, 0.2) is 0 Å². The Labute approximate surface area is 512 Å². The molecule has 0 fully saturated rings. The fourth-order valence-corrected chi connectivity index (χ4v) is 11.5. The van der Waals surface area contributed by atoms with E-state index in [-0.39, 0.29) is 18.5 Å². The number of esters is 1. The number of ether oxygens (including phenoxy) is 1. The number of amides is 1. The van der Waals surface area contributed by atoms with Crippen molar-refractivity contribution in [2.75, 3.05) is 13.2 Å².